The summed E-state index contributed by atoms with van der Waals surface area (Å²) >= 11 is 0. The van der Waals surface area contributed by atoms with Crippen molar-refractivity contribution in [1.82, 2.24) is 19.4 Å². The van der Waals surface area contributed by atoms with Crippen LogP contribution in [-0.4, -0.2) is 30.4 Å². The molecule has 3 heterocycles. The molecule has 0 saturated carbocycles. The predicted octanol–water partition coefficient (Wildman–Crippen LogP) is 1.43. The number of imidazole rings is 1. The van der Waals surface area contributed by atoms with Crippen LogP contribution in [0.3, 0.4) is 0 Å². The lowest BCUT2D eigenvalue weighted by molar-refractivity contribution is 0.0690. The molecule has 20 heavy (non-hydrogen) atoms. The highest BCUT2D eigenvalue weighted by atomic mass is 16.4. The van der Waals surface area contributed by atoms with E-state index in [-0.39, 0.29) is 5.69 Å². The first-order valence-corrected chi connectivity index (χ1v) is 5.95. The van der Waals surface area contributed by atoms with Crippen molar-refractivity contribution in [3.05, 3.63) is 54.4 Å². The van der Waals surface area contributed by atoms with Crippen molar-refractivity contribution < 1.29 is 9.90 Å². The first-order chi connectivity index (χ1) is 9.75. The maximum Gasteiger partial charge on any atom is 0.356 e. The molecule has 0 unspecified atom stereocenters. The Kier molecular flexibility index (Phi) is 3.00. The second-order valence-corrected chi connectivity index (χ2v) is 4.10. The summed E-state index contributed by atoms with van der Waals surface area (Å²) in [6.45, 7) is 0.382. The second kappa shape index (κ2) is 4.96. The van der Waals surface area contributed by atoms with Gasteiger partial charge in [0.25, 0.3) is 0 Å². The van der Waals surface area contributed by atoms with Crippen LogP contribution in [0.2, 0.25) is 0 Å². The van der Waals surface area contributed by atoms with Crippen molar-refractivity contribution >= 4 is 17.4 Å². The Morgan fingerprint density at radius 3 is 3.00 bits per heavy atom. The van der Waals surface area contributed by atoms with E-state index in [1.165, 1.54) is 10.7 Å². The van der Waals surface area contributed by atoms with Crippen LogP contribution in [0.4, 0.5) is 5.82 Å². The Bertz CT molecular complexity index is 754. The van der Waals surface area contributed by atoms with Crippen LogP contribution in [0.5, 0.6) is 0 Å². The van der Waals surface area contributed by atoms with Gasteiger partial charge in [-0.1, -0.05) is 6.07 Å². The lowest BCUT2D eigenvalue weighted by Gasteiger charge is -2.03. The van der Waals surface area contributed by atoms with Crippen LogP contribution in [0, 0.1) is 0 Å². The molecule has 0 bridgehead atoms. The zero-order chi connectivity index (χ0) is 13.9. The lowest BCUT2D eigenvalue weighted by Crippen LogP contribution is -2.08. The molecule has 0 aromatic carbocycles. The quantitative estimate of drug-likeness (QED) is 0.744. The molecule has 0 aliphatic heterocycles. The van der Waals surface area contributed by atoms with Crippen LogP contribution in [0.25, 0.3) is 5.65 Å². The topological polar surface area (TPSA) is 92.4 Å². The number of aromatic carboxylic acids is 1. The van der Waals surface area contributed by atoms with Crippen molar-refractivity contribution in [2.75, 3.05) is 5.32 Å². The third-order valence-corrected chi connectivity index (χ3v) is 2.81. The van der Waals surface area contributed by atoms with Crippen molar-refractivity contribution in [2.45, 2.75) is 6.54 Å². The van der Waals surface area contributed by atoms with Gasteiger partial charge in [-0.2, -0.15) is 0 Å². The average molecular weight is 269 g/mol. The fourth-order valence-electron chi connectivity index (χ4n) is 1.92. The monoisotopic (exact) mass is 269 g/mol. The molecular formula is C13H11N5O2. The zero-order valence-electron chi connectivity index (χ0n) is 10.4. The maximum absolute atomic E-state index is 11.4. The van der Waals surface area contributed by atoms with E-state index in [1.54, 1.807) is 30.6 Å². The van der Waals surface area contributed by atoms with Gasteiger partial charge in [-0.3, -0.25) is 4.40 Å². The molecule has 3 rings (SSSR count). The average Bonchev–Trinajstić information content (AvgIpc) is 2.84. The van der Waals surface area contributed by atoms with E-state index in [0.29, 0.717) is 18.0 Å². The summed E-state index contributed by atoms with van der Waals surface area (Å²) in [5.74, 6) is -0.712. The summed E-state index contributed by atoms with van der Waals surface area (Å²) in [5.41, 5.74) is 1.44. The largest absolute Gasteiger partial charge is 0.476 e. The Balaban J connectivity index is 1.95. The normalized spacial score (nSPS) is 10.6. The van der Waals surface area contributed by atoms with Gasteiger partial charge in [0.15, 0.2) is 11.5 Å². The predicted molar refractivity (Wildman–Crippen MR) is 71.5 cm³/mol. The molecule has 0 atom stereocenters. The van der Waals surface area contributed by atoms with Gasteiger partial charge < -0.3 is 10.4 Å². The Morgan fingerprint density at radius 2 is 2.25 bits per heavy atom. The summed E-state index contributed by atoms with van der Waals surface area (Å²) in [6.07, 6.45) is 4.74. The summed E-state index contributed by atoms with van der Waals surface area (Å²) in [5, 5.41) is 12.3. The Labute approximate surface area is 114 Å². The van der Waals surface area contributed by atoms with E-state index in [4.69, 9.17) is 0 Å². The number of rotatable bonds is 4. The zero-order valence-corrected chi connectivity index (χ0v) is 10.4. The SMILES string of the molecule is O=C(O)c1c(NCc2ccncn2)nc2ccccn12. The van der Waals surface area contributed by atoms with Crippen LogP contribution >= 0.6 is 0 Å². The van der Waals surface area contributed by atoms with E-state index in [0.717, 1.165) is 5.69 Å². The standard InChI is InChI=1S/C13H11N5O2/c19-13(20)11-12(15-7-9-4-5-14-8-16-9)17-10-3-1-2-6-18(10)11/h1-6,8,15H,7H2,(H,19,20). The van der Waals surface area contributed by atoms with Crippen molar-refractivity contribution in [3.8, 4) is 0 Å². The van der Waals surface area contributed by atoms with Gasteiger partial charge in [-0.05, 0) is 18.2 Å². The number of carbonyl (C=O) groups is 1. The smallest absolute Gasteiger partial charge is 0.356 e. The number of hydrogen-bond acceptors (Lipinski definition) is 5. The van der Waals surface area contributed by atoms with E-state index in [2.05, 4.69) is 20.3 Å². The molecule has 0 radical (unpaired) electrons. The fraction of sp³-hybridized carbons (Fsp3) is 0.0769. The van der Waals surface area contributed by atoms with Gasteiger partial charge in [0.2, 0.25) is 0 Å². The molecule has 0 amide bonds. The van der Waals surface area contributed by atoms with E-state index >= 15 is 0 Å². The number of nitrogens with one attached hydrogen (secondary N) is 1. The summed E-state index contributed by atoms with van der Waals surface area (Å²) in [4.78, 5) is 23.6. The highest BCUT2D eigenvalue weighted by molar-refractivity contribution is 5.92. The van der Waals surface area contributed by atoms with Gasteiger partial charge in [0, 0.05) is 12.4 Å². The maximum atomic E-state index is 11.4. The Hall–Kier alpha value is -2.96. The highest BCUT2D eigenvalue weighted by Gasteiger charge is 2.17. The molecule has 3 aromatic rings. The number of anilines is 1. The van der Waals surface area contributed by atoms with Crippen LogP contribution in [-0.2, 0) is 6.54 Å². The van der Waals surface area contributed by atoms with Crippen molar-refractivity contribution in [2.24, 2.45) is 0 Å². The molecule has 0 aliphatic rings. The minimum atomic E-state index is -1.03. The number of fused-ring (bicyclic) bond motifs is 1. The third-order valence-electron chi connectivity index (χ3n) is 2.81. The minimum Gasteiger partial charge on any atom is -0.476 e. The van der Waals surface area contributed by atoms with Gasteiger partial charge in [0.1, 0.15) is 12.0 Å². The number of carboxylic acids is 1. The van der Waals surface area contributed by atoms with Crippen molar-refractivity contribution in [3.63, 3.8) is 0 Å². The highest BCUT2D eigenvalue weighted by Crippen LogP contribution is 2.18. The minimum absolute atomic E-state index is 0.106. The lowest BCUT2D eigenvalue weighted by atomic mass is 10.3. The van der Waals surface area contributed by atoms with Gasteiger partial charge in [-0.15, -0.1) is 0 Å². The molecular weight excluding hydrogens is 258 g/mol. The van der Waals surface area contributed by atoms with Crippen LogP contribution in [0.15, 0.2) is 43.0 Å². The number of hydrogen-bond donors (Lipinski definition) is 2. The van der Waals surface area contributed by atoms with Crippen LogP contribution in [0.1, 0.15) is 16.2 Å². The molecule has 7 nitrogen and oxygen atoms in total. The van der Waals surface area contributed by atoms with E-state index in [1.807, 2.05) is 6.07 Å². The van der Waals surface area contributed by atoms with E-state index in [9.17, 15) is 9.90 Å². The number of nitrogens with zero attached hydrogens (tertiary/aromatic N) is 4. The number of aromatic nitrogens is 4. The van der Waals surface area contributed by atoms with Gasteiger partial charge >= 0.3 is 5.97 Å². The van der Waals surface area contributed by atoms with Crippen LogP contribution < -0.4 is 5.32 Å². The second-order valence-electron chi connectivity index (χ2n) is 4.10. The summed E-state index contributed by atoms with van der Waals surface area (Å²) in [7, 11) is 0. The summed E-state index contributed by atoms with van der Waals surface area (Å²) < 4.78 is 1.53. The first kappa shape index (κ1) is 12.1. The molecule has 2 N–H and O–H groups in total. The number of pyridine rings is 1. The molecule has 0 spiro atoms. The Morgan fingerprint density at radius 1 is 1.35 bits per heavy atom. The van der Waals surface area contributed by atoms with E-state index < -0.39 is 5.97 Å². The summed E-state index contributed by atoms with van der Waals surface area (Å²) in [6, 6.07) is 7.07. The molecule has 100 valence electrons. The van der Waals surface area contributed by atoms with Gasteiger partial charge in [-0.25, -0.2) is 19.7 Å². The first-order valence-electron chi connectivity index (χ1n) is 5.95. The van der Waals surface area contributed by atoms with Gasteiger partial charge in [0.05, 0.1) is 12.2 Å². The molecule has 3 aromatic heterocycles. The molecule has 0 aliphatic carbocycles. The molecule has 0 fully saturated rings. The molecule has 7 heteroatoms. The van der Waals surface area contributed by atoms with Crippen molar-refractivity contribution in [1.29, 1.82) is 0 Å². The fourth-order valence-corrected chi connectivity index (χ4v) is 1.92. The third kappa shape index (κ3) is 2.16. The molecule has 0 saturated heterocycles. The number of carboxylic acid groups (broad SMARTS) is 1.